The normalized spacial score (nSPS) is 53.8. The number of fused-ring (bicyclic) bond motifs is 5. The van der Waals surface area contributed by atoms with E-state index in [1.807, 2.05) is 6.92 Å². The van der Waals surface area contributed by atoms with Gasteiger partial charge < -0.3 is 10.0 Å². The van der Waals surface area contributed by atoms with Crippen LogP contribution in [0, 0.1) is 11.8 Å². The highest BCUT2D eigenvalue weighted by Crippen LogP contribution is 2.57. The Morgan fingerprint density at radius 2 is 2.07 bits per heavy atom. The minimum absolute atomic E-state index is 0.157. The number of hydrogen-bond acceptors (Lipinski definition) is 3. The van der Waals surface area contributed by atoms with Crippen molar-refractivity contribution in [1.29, 1.82) is 0 Å². The number of aliphatic hydroxyl groups excluding tert-OH is 1. The molecule has 0 amide bonds. The summed E-state index contributed by atoms with van der Waals surface area (Å²) in [6.45, 7) is 3.18. The highest BCUT2D eigenvalue weighted by molar-refractivity contribution is 8.01. The van der Waals surface area contributed by atoms with Crippen LogP contribution < -0.4 is 0 Å². The van der Waals surface area contributed by atoms with Crippen molar-refractivity contribution in [3.8, 4) is 0 Å². The molecular weight excluding hydrogens is 194 g/mol. The van der Waals surface area contributed by atoms with Gasteiger partial charge in [-0.1, -0.05) is 0 Å². The largest absolute Gasteiger partial charge is 0.392 e. The molecule has 3 fully saturated rings. The van der Waals surface area contributed by atoms with E-state index >= 15 is 0 Å². The molecule has 2 nitrogen and oxygen atoms in total. The minimum atomic E-state index is -0.157. The summed E-state index contributed by atoms with van der Waals surface area (Å²) in [6, 6.07) is 0.433. The zero-order valence-corrected chi connectivity index (χ0v) is 9.70. The number of rotatable bonds is 1. The quantitative estimate of drug-likeness (QED) is 0.708. The van der Waals surface area contributed by atoms with E-state index in [4.69, 9.17) is 0 Å². The number of likely N-dealkylation sites (tertiary alicyclic amines) is 1. The summed E-state index contributed by atoms with van der Waals surface area (Å²) in [5.74, 6) is 1.66. The average molecular weight is 213 g/mol. The van der Waals surface area contributed by atoms with Crippen LogP contribution in [-0.2, 0) is 0 Å². The Bertz CT molecular complexity index is 245. The molecule has 0 spiro atoms. The van der Waals surface area contributed by atoms with Gasteiger partial charge in [-0.15, -0.1) is 0 Å². The SMILES string of the molecule is CC(O)C1C2C3CCC(S3)C2CN1C. The van der Waals surface area contributed by atoms with Crippen molar-refractivity contribution in [1.82, 2.24) is 4.90 Å². The average Bonchev–Trinajstić information content (AvgIpc) is 2.70. The van der Waals surface area contributed by atoms with Gasteiger partial charge in [-0.3, -0.25) is 0 Å². The molecule has 6 atom stereocenters. The lowest BCUT2D eigenvalue weighted by Gasteiger charge is -2.30. The molecule has 80 valence electrons. The van der Waals surface area contributed by atoms with Crippen LogP contribution in [0.15, 0.2) is 0 Å². The molecule has 3 heterocycles. The van der Waals surface area contributed by atoms with E-state index in [-0.39, 0.29) is 6.10 Å². The van der Waals surface area contributed by atoms with Crippen LogP contribution in [0.1, 0.15) is 19.8 Å². The third-order valence-electron chi connectivity index (χ3n) is 4.38. The summed E-state index contributed by atoms with van der Waals surface area (Å²) in [5.41, 5.74) is 0. The van der Waals surface area contributed by atoms with Gasteiger partial charge in [-0.2, -0.15) is 11.8 Å². The van der Waals surface area contributed by atoms with Crippen molar-refractivity contribution in [3.63, 3.8) is 0 Å². The lowest BCUT2D eigenvalue weighted by Crippen LogP contribution is -2.41. The van der Waals surface area contributed by atoms with Crippen LogP contribution in [0.4, 0.5) is 0 Å². The van der Waals surface area contributed by atoms with Gasteiger partial charge in [0.25, 0.3) is 0 Å². The van der Waals surface area contributed by atoms with Gasteiger partial charge in [0.05, 0.1) is 6.10 Å². The molecular formula is C11H19NOS. The van der Waals surface area contributed by atoms with Gasteiger partial charge in [-0.05, 0) is 38.6 Å². The van der Waals surface area contributed by atoms with Gasteiger partial charge in [0.2, 0.25) is 0 Å². The second kappa shape index (κ2) is 3.13. The number of aliphatic hydroxyl groups is 1. The van der Waals surface area contributed by atoms with Gasteiger partial charge in [-0.25, -0.2) is 0 Å². The van der Waals surface area contributed by atoms with E-state index in [2.05, 4.69) is 23.7 Å². The van der Waals surface area contributed by atoms with E-state index in [1.54, 1.807) is 0 Å². The predicted octanol–water partition coefficient (Wildman–Crippen LogP) is 1.19. The van der Waals surface area contributed by atoms with Crippen LogP contribution >= 0.6 is 11.8 Å². The van der Waals surface area contributed by atoms with Crippen molar-refractivity contribution in [2.45, 2.75) is 42.4 Å². The van der Waals surface area contributed by atoms with Crippen molar-refractivity contribution < 1.29 is 5.11 Å². The van der Waals surface area contributed by atoms with E-state index < -0.39 is 0 Å². The molecule has 0 saturated carbocycles. The zero-order chi connectivity index (χ0) is 9.87. The molecule has 0 aromatic rings. The van der Waals surface area contributed by atoms with Crippen LogP contribution in [0.25, 0.3) is 0 Å². The molecule has 14 heavy (non-hydrogen) atoms. The molecule has 2 bridgehead atoms. The molecule has 3 saturated heterocycles. The molecule has 0 aromatic heterocycles. The molecule has 6 unspecified atom stereocenters. The first kappa shape index (κ1) is 9.49. The Morgan fingerprint density at radius 1 is 1.36 bits per heavy atom. The van der Waals surface area contributed by atoms with Crippen molar-refractivity contribution in [2.75, 3.05) is 13.6 Å². The maximum absolute atomic E-state index is 9.85. The third-order valence-corrected chi connectivity index (χ3v) is 6.22. The summed E-state index contributed by atoms with van der Waals surface area (Å²) in [7, 11) is 2.18. The van der Waals surface area contributed by atoms with Gasteiger partial charge in [0, 0.05) is 23.1 Å². The topological polar surface area (TPSA) is 23.5 Å². The monoisotopic (exact) mass is 213 g/mol. The number of likely N-dealkylation sites (N-methyl/N-ethyl adjacent to an activating group) is 1. The van der Waals surface area contributed by atoms with Crippen molar-refractivity contribution in [3.05, 3.63) is 0 Å². The maximum atomic E-state index is 9.85. The van der Waals surface area contributed by atoms with Crippen molar-refractivity contribution in [2.24, 2.45) is 11.8 Å². The number of thioether (sulfide) groups is 1. The van der Waals surface area contributed by atoms with Crippen LogP contribution in [0.2, 0.25) is 0 Å². The molecule has 0 aromatic carbocycles. The van der Waals surface area contributed by atoms with E-state index in [1.165, 1.54) is 19.4 Å². The van der Waals surface area contributed by atoms with Crippen LogP contribution in [0.3, 0.4) is 0 Å². The van der Waals surface area contributed by atoms with Crippen molar-refractivity contribution >= 4 is 11.8 Å². The number of hydrogen-bond donors (Lipinski definition) is 1. The fourth-order valence-corrected chi connectivity index (χ4v) is 5.97. The number of nitrogens with zero attached hydrogens (tertiary/aromatic N) is 1. The zero-order valence-electron chi connectivity index (χ0n) is 8.89. The molecule has 0 aliphatic carbocycles. The molecule has 0 radical (unpaired) electrons. The Hall–Kier alpha value is 0.270. The molecule has 1 N–H and O–H groups in total. The Balaban J connectivity index is 1.87. The first-order valence-corrected chi connectivity index (χ1v) is 6.66. The lowest BCUT2D eigenvalue weighted by atomic mass is 9.77. The van der Waals surface area contributed by atoms with E-state index in [9.17, 15) is 5.11 Å². The second-order valence-electron chi connectivity index (χ2n) is 5.20. The van der Waals surface area contributed by atoms with E-state index in [0.717, 1.165) is 22.3 Å². The first-order valence-electron chi connectivity index (χ1n) is 5.72. The van der Waals surface area contributed by atoms with Crippen LogP contribution in [-0.4, -0.2) is 46.2 Å². The Kier molecular flexibility index (Phi) is 2.12. The summed E-state index contributed by atoms with van der Waals surface area (Å²) in [5, 5.41) is 11.6. The summed E-state index contributed by atoms with van der Waals surface area (Å²) < 4.78 is 0. The first-order chi connectivity index (χ1) is 6.68. The standard InChI is InChI=1S/C11H19NOS/c1-6(13)11-10-7(5-12(11)2)8-3-4-9(10)14-8/h6-11,13H,3-5H2,1-2H3. The maximum Gasteiger partial charge on any atom is 0.0670 e. The molecule has 3 aliphatic rings. The molecule has 3 rings (SSSR count). The summed E-state index contributed by atoms with van der Waals surface area (Å²) >= 11 is 2.21. The Morgan fingerprint density at radius 3 is 2.79 bits per heavy atom. The van der Waals surface area contributed by atoms with Crippen LogP contribution in [0.5, 0.6) is 0 Å². The predicted molar refractivity (Wildman–Crippen MR) is 59.5 cm³/mol. The summed E-state index contributed by atoms with van der Waals surface area (Å²) in [6.07, 6.45) is 2.67. The fourth-order valence-electron chi connectivity index (χ4n) is 3.96. The minimum Gasteiger partial charge on any atom is -0.392 e. The Labute approximate surface area is 90.0 Å². The fraction of sp³-hybridized carbons (Fsp3) is 1.00. The second-order valence-corrected chi connectivity index (χ2v) is 6.69. The highest BCUT2D eigenvalue weighted by Gasteiger charge is 2.56. The van der Waals surface area contributed by atoms with Gasteiger partial charge in [0.15, 0.2) is 0 Å². The molecule has 3 aliphatic heterocycles. The van der Waals surface area contributed by atoms with Gasteiger partial charge >= 0.3 is 0 Å². The smallest absolute Gasteiger partial charge is 0.0670 e. The van der Waals surface area contributed by atoms with Gasteiger partial charge in [0.1, 0.15) is 0 Å². The van der Waals surface area contributed by atoms with E-state index in [0.29, 0.717) is 6.04 Å². The lowest BCUT2D eigenvalue weighted by molar-refractivity contribution is 0.0754. The third kappa shape index (κ3) is 1.12. The summed E-state index contributed by atoms with van der Waals surface area (Å²) in [4.78, 5) is 2.39. The highest BCUT2D eigenvalue weighted by atomic mass is 32.2. The molecule has 3 heteroatoms.